The Hall–Kier alpha value is -3.37. The molecular weight excluding hydrogens is 496 g/mol. The second-order valence-electron chi connectivity index (χ2n) is 8.33. The van der Waals surface area contributed by atoms with E-state index in [0.717, 1.165) is 5.56 Å². The number of hydrogen-bond acceptors (Lipinski definition) is 7. The van der Waals surface area contributed by atoms with Crippen molar-refractivity contribution in [1.29, 1.82) is 0 Å². The molecule has 4 rings (SSSR count). The van der Waals surface area contributed by atoms with Gasteiger partial charge < -0.3 is 9.47 Å². The first-order chi connectivity index (χ1) is 16.7. The molecule has 1 heterocycles. The minimum Gasteiger partial charge on any atom is -0.432 e. The van der Waals surface area contributed by atoms with Crippen LogP contribution in [0.3, 0.4) is 0 Å². The molecule has 11 heteroatoms. The molecule has 0 saturated carbocycles. The van der Waals surface area contributed by atoms with Gasteiger partial charge in [0.05, 0.1) is 21.6 Å². The average molecular weight is 519 g/mol. The summed E-state index contributed by atoms with van der Waals surface area (Å²) in [4.78, 5) is 22.7. The number of carbonyl (C=O) groups is 1. The molecule has 0 aromatic heterocycles. The number of nitro benzene ring substituents is 1. The Morgan fingerprint density at radius 1 is 1.17 bits per heavy atom. The van der Waals surface area contributed by atoms with Gasteiger partial charge in [0.2, 0.25) is 0 Å². The Kier molecular flexibility index (Phi) is 7.13. The molecule has 2 aromatic carbocycles. The highest BCUT2D eigenvalue weighted by Gasteiger charge is 2.38. The van der Waals surface area contributed by atoms with E-state index in [-0.39, 0.29) is 35.3 Å². The molecule has 184 valence electrons. The summed E-state index contributed by atoms with van der Waals surface area (Å²) in [5, 5.41) is 11.4. The first kappa shape index (κ1) is 24.7. The molecule has 2 atom stereocenters. The normalized spacial score (nSPS) is 19.8. The number of sulfonamides is 1. The van der Waals surface area contributed by atoms with Gasteiger partial charge in [0, 0.05) is 17.2 Å². The lowest BCUT2D eigenvalue weighted by Crippen LogP contribution is -2.47. The second kappa shape index (κ2) is 10.1. The maximum Gasteiger partial charge on any atom is 0.513 e. The molecule has 9 nitrogen and oxygen atoms in total. The number of hydrogen-bond donors (Lipinski definition) is 0. The smallest absolute Gasteiger partial charge is 0.432 e. The summed E-state index contributed by atoms with van der Waals surface area (Å²) in [6, 6.07) is 11.6. The lowest BCUT2D eigenvalue weighted by molar-refractivity contribution is -0.384. The van der Waals surface area contributed by atoms with Gasteiger partial charge >= 0.3 is 6.16 Å². The summed E-state index contributed by atoms with van der Waals surface area (Å²) in [6.45, 7) is 1.64. The van der Waals surface area contributed by atoms with E-state index in [1.54, 1.807) is 18.2 Å². The van der Waals surface area contributed by atoms with Gasteiger partial charge in [0.25, 0.3) is 15.7 Å². The minimum absolute atomic E-state index is 0.0732. The van der Waals surface area contributed by atoms with Crippen LogP contribution in [0, 0.1) is 16.0 Å². The van der Waals surface area contributed by atoms with E-state index in [4.69, 9.17) is 21.1 Å². The number of para-hydroxylation sites is 1. The van der Waals surface area contributed by atoms with Gasteiger partial charge in [-0.05, 0) is 61.1 Å². The van der Waals surface area contributed by atoms with Crippen LogP contribution in [-0.4, -0.2) is 32.1 Å². The van der Waals surface area contributed by atoms with Gasteiger partial charge in [0.1, 0.15) is 12.4 Å². The van der Waals surface area contributed by atoms with Crippen molar-refractivity contribution in [2.45, 2.75) is 32.2 Å². The Balaban J connectivity index is 1.53. The van der Waals surface area contributed by atoms with Crippen LogP contribution in [0.1, 0.15) is 25.3 Å². The first-order valence-corrected chi connectivity index (χ1v) is 12.8. The van der Waals surface area contributed by atoms with E-state index < -0.39 is 27.1 Å². The summed E-state index contributed by atoms with van der Waals surface area (Å²) in [5.41, 5.74) is 1.29. The SMILES string of the molecule is CC1CC(S(=O)(=O)N2c3ccccc3CCC2COC(=O)Oc2ccc([N+](=O)[O-])cc2)=CC=C1Cl. The molecule has 0 bridgehead atoms. The van der Waals surface area contributed by atoms with Crippen molar-refractivity contribution in [3.63, 3.8) is 0 Å². The number of nitrogens with zero attached hydrogens (tertiary/aromatic N) is 2. The predicted octanol–water partition coefficient (Wildman–Crippen LogP) is 5.31. The Labute approximate surface area is 207 Å². The van der Waals surface area contributed by atoms with E-state index in [2.05, 4.69) is 0 Å². The lowest BCUT2D eigenvalue weighted by Gasteiger charge is -2.38. The van der Waals surface area contributed by atoms with E-state index in [9.17, 15) is 23.3 Å². The number of carbonyl (C=O) groups excluding carboxylic acids is 1. The third-order valence-corrected chi connectivity index (χ3v) is 8.42. The number of ether oxygens (including phenoxy) is 2. The van der Waals surface area contributed by atoms with Gasteiger partial charge in [-0.15, -0.1) is 0 Å². The Bertz CT molecular complexity index is 1310. The first-order valence-electron chi connectivity index (χ1n) is 10.9. The summed E-state index contributed by atoms with van der Waals surface area (Å²) < 4.78 is 39.2. The van der Waals surface area contributed by atoms with Crippen molar-refractivity contribution in [3.8, 4) is 5.75 Å². The minimum atomic E-state index is -3.93. The van der Waals surface area contributed by atoms with Crippen LogP contribution in [0.5, 0.6) is 5.75 Å². The number of nitro groups is 1. The van der Waals surface area contributed by atoms with Crippen molar-refractivity contribution in [2.75, 3.05) is 10.9 Å². The van der Waals surface area contributed by atoms with Crippen molar-refractivity contribution in [1.82, 2.24) is 0 Å². The number of anilines is 1. The van der Waals surface area contributed by atoms with Crippen LogP contribution in [0.25, 0.3) is 0 Å². The van der Waals surface area contributed by atoms with E-state index in [1.807, 2.05) is 19.1 Å². The van der Waals surface area contributed by atoms with E-state index in [1.165, 1.54) is 34.6 Å². The third kappa shape index (κ3) is 5.33. The largest absolute Gasteiger partial charge is 0.513 e. The molecule has 0 N–H and O–H groups in total. The molecule has 0 spiro atoms. The molecular formula is C24H23ClN2O7S. The molecule has 2 aromatic rings. The third-order valence-electron chi connectivity index (χ3n) is 5.95. The van der Waals surface area contributed by atoms with Crippen LogP contribution < -0.4 is 9.04 Å². The topological polar surface area (TPSA) is 116 Å². The fraction of sp³-hybridized carbons (Fsp3) is 0.292. The molecule has 0 saturated heterocycles. The number of non-ortho nitro benzene ring substituents is 1. The molecule has 35 heavy (non-hydrogen) atoms. The van der Waals surface area contributed by atoms with Crippen LogP contribution in [0.2, 0.25) is 0 Å². The maximum atomic E-state index is 13.7. The van der Waals surface area contributed by atoms with Gasteiger partial charge in [-0.3, -0.25) is 14.4 Å². The van der Waals surface area contributed by atoms with E-state index in [0.29, 0.717) is 23.6 Å². The van der Waals surface area contributed by atoms with Crippen molar-refractivity contribution >= 4 is 39.2 Å². The standard InChI is InChI=1S/C24H23ClN2O7S/c1-16-14-21(12-13-22(16)25)35(31,32)26-19(7-6-17-4-2-3-5-23(17)26)15-33-24(28)34-20-10-8-18(9-11-20)27(29)30/h2-5,8-13,16,19H,6-7,14-15H2,1H3. The van der Waals surface area contributed by atoms with Gasteiger partial charge in [0.15, 0.2) is 0 Å². The van der Waals surface area contributed by atoms with Gasteiger partial charge in [-0.2, -0.15) is 0 Å². The molecule has 0 radical (unpaired) electrons. The summed E-state index contributed by atoms with van der Waals surface area (Å²) in [5.74, 6) is -0.0538. The zero-order chi connectivity index (χ0) is 25.2. The number of halogens is 1. The molecule has 2 aliphatic rings. The summed E-state index contributed by atoms with van der Waals surface area (Å²) in [7, 11) is -3.93. The monoisotopic (exact) mass is 518 g/mol. The summed E-state index contributed by atoms with van der Waals surface area (Å²) in [6.07, 6.45) is 3.43. The zero-order valence-corrected chi connectivity index (χ0v) is 20.4. The van der Waals surface area contributed by atoms with E-state index >= 15 is 0 Å². The maximum absolute atomic E-state index is 13.7. The Morgan fingerprint density at radius 2 is 1.89 bits per heavy atom. The highest BCUT2D eigenvalue weighted by atomic mass is 35.5. The highest BCUT2D eigenvalue weighted by Crippen LogP contribution is 2.38. The number of fused-ring (bicyclic) bond motifs is 1. The zero-order valence-electron chi connectivity index (χ0n) is 18.8. The Morgan fingerprint density at radius 3 is 2.57 bits per heavy atom. The van der Waals surface area contributed by atoms with Crippen LogP contribution in [0.15, 0.2) is 70.6 Å². The van der Waals surface area contributed by atoms with Crippen LogP contribution in [0.4, 0.5) is 16.2 Å². The lowest BCUT2D eigenvalue weighted by atomic mass is 9.98. The van der Waals surface area contributed by atoms with Crippen molar-refractivity contribution in [3.05, 3.63) is 86.3 Å². The number of aryl methyl sites for hydroxylation is 1. The molecule has 2 unspecified atom stereocenters. The van der Waals surface area contributed by atoms with Crippen molar-refractivity contribution < 1.29 is 27.6 Å². The van der Waals surface area contributed by atoms with Crippen LogP contribution in [-0.2, 0) is 21.2 Å². The van der Waals surface area contributed by atoms with Crippen LogP contribution >= 0.6 is 11.6 Å². The molecule has 1 aliphatic carbocycles. The number of benzene rings is 2. The molecule has 1 aliphatic heterocycles. The predicted molar refractivity (Wildman–Crippen MR) is 131 cm³/mol. The van der Waals surface area contributed by atoms with Crippen molar-refractivity contribution in [2.24, 2.45) is 5.92 Å². The summed E-state index contributed by atoms with van der Waals surface area (Å²) >= 11 is 6.16. The average Bonchev–Trinajstić information content (AvgIpc) is 2.84. The number of allylic oxidation sites excluding steroid dienone is 4. The number of rotatable bonds is 6. The second-order valence-corrected chi connectivity index (χ2v) is 10.6. The molecule has 0 amide bonds. The quantitative estimate of drug-likeness (QED) is 0.220. The fourth-order valence-corrected chi connectivity index (χ4v) is 6.19. The van der Waals surface area contributed by atoms with Gasteiger partial charge in [-0.25, -0.2) is 13.2 Å². The fourth-order valence-electron chi connectivity index (χ4n) is 4.10. The highest BCUT2D eigenvalue weighted by molar-refractivity contribution is 7.96. The molecule has 0 fully saturated rings. The van der Waals surface area contributed by atoms with Gasteiger partial charge in [-0.1, -0.05) is 36.7 Å².